The first-order chi connectivity index (χ1) is 12.5. The highest BCUT2D eigenvalue weighted by atomic mass is 19.1. The van der Waals surface area contributed by atoms with Crippen LogP contribution in [0.25, 0.3) is 0 Å². The summed E-state index contributed by atoms with van der Waals surface area (Å²) < 4.78 is 13.1. The van der Waals surface area contributed by atoms with Crippen molar-refractivity contribution in [3.8, 4) is 0 Å². The minimum atomic E-state index is -0.933. The van der Waals surface area contributed by atoms with E-state index in [9.17, 15) is 14.3 Å². The molecule has 4 nitrogen and oxygen atoms in total. The zero-order chi connectivity index (χ0) is 18.6. The van der Waals surface area contributed by atoms with Crippen molar-refractivity contribution in [1.82, 2.24) is 5.32 Å². The molecule has 5 heteroatoms. The molecule has 1 aliphatic rings. The highest BCUT2D eigenvalue weighted by Crippen LogP contribution is 2.41. The number of aromatic carboxylic acids is 1. The third-order valence-electron chi connectivity index (χ3n) is 5.34. The van der Waals surface area contributed by atoms with Gasteiger partial charge in [-0.15, -0.1) is 0 Å². The molecule has 0 aliphatic heterocycles. The number of aliphatic hydroxyl groups is 1. The molecule has 3 N–H and O–H groups in total. The third kappa shape index (κ3) is 4.29. The molecule has 0 aromatic heterocycles. The Balaban J connectivity index is 1.63. The van der Waals surface area contributed by atoms with Crippen LogP contribution in [0.3, 0.4) is 0 Å². The van der Waals surface area contributed by atoms with Gasteiger partial charge >= 0.3 is 5.97 Å². The predicted octanol–water partition coefficient (Wildman–Crippen LogP) is 3.39. The van der Waals surface area contributed by atoms with Crippen molar-refractivity contribution in [2.24, 2.45) is 5.41 Å². The molecular weight excluding hydrogens is 333 g/mol. The van der Waals surface area contributed by atoms with Crippen LogP contribution in [0.2, 0.25) is 0 Å². The highest BCUT2D eigenvalue weighted by Gasteiger charge is 2.41. The average molecular weight is 357 g/mol. The molecular formula is C21H24FNO3. The van der Waals surface area contributed by atoms with Crippen LogP contribution in [0.1, 0.15) is 40.7 Å². The van der Waals surface area contributed by atoms with E-state index in [-0.39, 0.29) is 22.9 Å². The third-order valence-corrected chi connectivity index (χ3v) is 5.34. The Kier molecular flexibility index (Phi) is 5.69. The first-order valence-corrected chi connectivity index (χ1v) is 8.94. The normalized spacial score (nSPS) is 22.5. The van der Waals surface area contributed by atoms with Crippen molar-refractivity contribution in [3.05, 3.63) is 71.0 Å². The molecule has 3 rings (SSSR count). The number of rotatable bonds is 7. The standard InChI is InChI=1S/C21H24FNO3/c22-18-9-5-15(6-10-18)12-21(11-1-2-19(21)24)14-23-13-16-3-7-17(8-4-16)20(25)26/h3-10,19,23-24H,1-2,11-14H2,(H,25,26). The molecule has 0 radical (unpaired) electrons. The molecule has 0 amide bonds. The van der Waals surface area contributed by atoms with Crippen LogP contribution in [0.5, 0.6) is 0 Å². The molecule has 26 heavy (non-hydrogen) atoms. The monoisotopic (exact) mass is 357 g/mol. The van der Waals surface area contributed by atoms with Crippen LogP contribution in [0.4, 0.5) is 4.39 Å². The zero-order valence-corrected chi connectivity index (χ0v) is 14.6. The van der Waals surface area contributed by atoms with Gasteiger partial charge in [0, 0.05) is 18.5 Å². The van der Waals surface area contributed by atoms with Gasteiger partial charge in [0.05, 0.1) is 11.7 Å². The number of carboxylic acids is 1. The topological polar surface area (TPSA) is 69.6 Å². The molecule has 0 bridgehead atoms. The van der Waals surface area contributed by atoms with Gasteiger partial charge in [0.1, 0.15) is 5.82 Å². The van der Waals surface area contributed by atoms with E-state index < -0.39 is 5.97 Å². The Morgan fingerprint density at radius 1 is 1.12 bits per heavy atom. The number of halogens is 1. The molecule has 1 aliphatic carbocycles. The van der Waals surface area contributed by atoms with Gasteiger partial charge in [-0.1, -0.05) is 30.7 Å². The number of carbonyl (C=O) groups is 1. The van der Waals surface area contributed by atoms with Gasteiger partial charge < -0.3 is 15.5 Å². The fraction of sp³-hybridized carbons (Fsp3) is 0.381. The van der Waals surface area contributed by atoms with E-state index in [0.29, 0.717) is 19.5 Å². The van der Waals surface area contributed by atoms with Crippen LogP contribution < -0.4 is 5.32 Å². The lowest BCUT2D eigenvalue weighted by Gasteiger charge is -2.33. The molecule has 1 saturated carbocycles. The SMILES string of the molecule is O=C(O)c1ccc(CNCC2(Cc3ccc(F)cc3)CCCC2O)cc1. The Bertz CT molecular complexity index is 745. The molecule has 0 spiro atoms. The van der Waals surface area contributed by atoms with Crippen LogP contribution in [0, 0.1) is 11.2 Å². The van der Waals surface area contributed by atoms with Gasteiger partial charge in [-0.05, 0) is 54.7 Å². The van der Waals surface area contributed by atoms with Crippen LogP contribution in [0.15, 0.2) is 48.5 Å². The maximum Gasteiger partial charge on any atom is 0.335 e. The van der Waals surface area contributed by atoms with E-state index in [1.54, 1.807) is 36.4 Å². The lowest BCUT2D eigenvalue weighted by Crippen LogP contribution is -2.41. The second kappa shape index (κ2) is 7.98. The van der Waals surface area contributed by atoms with Gasteiger partial charge in [-0.2, -0.15) is 0 Å². The Labute approximate surface area is 152 Å². The fourth-order valence-corrected chi connectivity index (χ4v) is 3.82. The number of benzene rings is 2. The lowest BCUT2D eigenvalue weighted by molar-refractivity contribution is 0.0519. The Morgan fingerprint density at radius 2 is 1.77 bits per heavy atom. The molecule has 0 saturated heterocycles. The van der Waals surface area contributed by atoms with Gasteiger partial charge in [0.15, 0.2) is 0 Å². The van der Waals surface area contributed by atoms with Crippen molar-refractivity contribution < 1.29 is 19.4 Å². The minimum absolute atomic E-state index is 0.251. The first-order valence-electron chi connectivity index (χ1n) is 8.94. The number of hydrogen-bond acceptors (Lipinski definition) is 3. The smallest absolute Gasteiger partial charge is 0.335 e. The van der Waals surface area contributed by atoms with Crippen LogP contribution >= 0.6 is 0 Å². The fourth-order valence-electron chi connectivity index (χ4n) is 3.82. The molecule has 2 unspecified atom stereocenters. The summed E-state index contributed by atoms with van der Waals surface area (Å²) in [4.78, 5) is 10.9. The maximum atomic E-state index is 13.1. The lowest BCUT2D eigenvalue weighted by atomic mass is 9.78. The maximum absolute atomic E-state index is 13.1. The largest absolute Gasteiger partial charge is 0.478 e. The van der Waals surface area contributed by atoms with Crippen molar-refractivity contribution in [2.45, 2.75) is 38.3 Å². The van der Waals surface area contributed by atoms with Crippen molar-refractivity contribution in [3.63, 3.8) is 0 Å². The summed E-state index contributed by atoms with van der Waals surface area (Å²) in [5, 5.41) is 22.9. The molecule has 1 fully saturated rings. The number of aliphatic hydroxyl groups excluding tert-OH is 1. The van der Waals surface area contributed by atoms with Crippen LogP contribution in [-0.2, 0) is 13.0 Å². The minimum Gasteiger partial charge on any atom is -0.478 e. The number of carboxylic acid groups (broad SMARTS) is 1. The van der Waals surface area contributed by atoms with Crippen molar-refractivity contribution >= 4 is 5.97 Å². The first kappa shape index (κ1) is 18.5. The number of nitrogens with one attached hydrogen (secondary N) is 1. The van der Waals surface area contributed by atoms with E-state index in [0.717, 1.165) is 30.4 Å². The summed E-state index contributed by atoms with van der Waals surface area (Å²) in [6.07, 6.45) is 3.03. The summed E-state index contributed by atoms with van der Waals surface area (Å²) in [7, 11) is 0. The zero-order valence-electron chi connectivity index (χ0n) is 14.6. The summed E-state index contributed by atoms with van der Waals surface area (Å²) in [5.41, 5.74) is 2.05. The van der Waals surface area contributed by atoms with E-state index in [4.69, 9.17) is 5.11 Å². The average Bonchev–Trinajstić information content (AvgIpc) is 2.98. The number of hydrogen-bond donors (Lipinski definition) is 3. The van der Waals surface area contributed by atoms with Crippen LogP contribution in [-0.4, -0.2) is 28.8 Å². The van der Waals surface area contributed by atoms with Crippen molar-refractivity contribution in [2.75, 3.05) is 6.54 Å². The molecule has 2 atom stereocenters. The van der Waals surface area contributed by atoms with Gasteiger partial charge in [0.2, 0.25) is 0 Å². The quantitative estimate of drug-likeness (QED) is 0.710. The Hall–Kier alpha value is -2.24. The van der Waals surface area contributed by atoms with E-state index in [1.165, 1.54) is 12.1 Å². The molecule has 138 valence electrons. The second-order valence-electron chi connectivity index (χ2n) is 7.18. The van der Waals surface area contributed by atoms with Gasteiger partial charge in [-0.3, -0.25) is 0 Å². The summed E-state index contributed by atoms with van der Waals surface area (Å²) in [6, 6.07) is 13.3. The summed E-state index contributed by atoms with van der Waals surface area (Å²) in [5.74, 6) is -1.19. The van der Waals surface area contributed by atoms with E-state index in [1.807, 2.05) is 0 Å². The van der Waals surface area contributed by atoms with Gasteiger partial charge in [-0.25, -0.2) is 9.18 Å². The second-order valence-corrected chi connectivity index (χ2v) is 7.18. The molecule has 2 aromatic carbocycles. The van der Waals surface area contributed by atoms with Gasteiger partial charge in [0.25, 0.3) is 0 Å². The van der Waals surface area contributed by atoms with E-state index >= 15 is 0 Å². The van der Waals surface area contributed by atoms with Crippen molar-refractivity contribution in [1.29, 1.82) is 0 Å². The Morgan fingerprint density at radius 3 is 2.35 bits per heavy atom. The molecule has 0 heterocycles. The predicted molar refractivity (Wildman–Crippen MR) is 97.5 cm³/mol. The molecule has 2 aromatic rings. The highest BCUT2D eigenvalue weighted by molar-refractivity contribution is 5.87. The van der Waals surface area contributed by atoms with E-state index in [2.05, 4.69) is 5.32 Å². The summed E-state index contributed by atoms with van der Waals surface area (Å²) >= 11 is 0. The summed E-state index contributed by atoms with van der Waals surface area (Å²) in [6.45, 7) is 1.27.